The molecule has 0 N–H and O–H groups in total. The summed E-state index contributed by atoms with van der Waals surface area (Å²) in [6.07, 6.45) is 5.68. The fraction of sp³-hybridized carbons (Fsp3) is 0.375. The Hall–Kier alpha value is -2.15. The van der Waals surface area contributed by atoms with Gasteiger partial charge in [0.05, 0.1) is 11.2 Å². The highest BCUT2D eigenvalue weighted by Gasteiger charge is 2.29. The summed E-state index contributed by atoms with van der Waals surface area (Å²) in [7, 11) is -1.29. The molecule has 1 amide bonds. The number of hydrogen-bond acceptors (Lipinski definition) is 4. The smallest absolute Gasteiger partial charge is 0.253 e. The summed E-state index contributed by atoms with van der Waals surface area (Å²) in [6.45, 7) is 1.36. The maximum atomic E-state index is 12.6. The molecule has 1 fully saturated rings. The predicted molar refractivity (Wildman–Crippen MR) is 86.0 cm³/mol. The van der Waals surface area contributed by atoms with Crippen molar-refractivity contribution in [1.29, 1.82) is 0 Å². The van der Waals surface area contributed by atoms with Gasteiger partial charge >= 0.3 is 0 Å². The van der Waals surface area contributed by atoms with E-state index in [4.69, 9.17) is 0 Å². The lowest BCUT2D eigenvalue weighted by Crippen LogP contribution is -2.28. The zero-order valence-corrected chi connectivity index (χ0v) is 14.0. The van der Waals surface area contributed by atoms with Crippen LogP contribution in [0.3, 0.4) is 0 Å². The molecule has 23 heavy (non-hydrogen) atoms. The van der Waals surface area contributed by atoms with Gasteiger partial charge < -0.3 is 9.47 Å². The Bertz CT molecular complexity index is 825. The van der Waals surface area contributed by atoms with E-state index in [0.717, 1.165) is 18.4 Å². The van der Waals surface area contributed by atoms with Crippen molar-refractivity contribution in [2.24, 2.45) is 7.05 Å². The van der Waals surface area contributed by atoms with E-state index < -0.39 is 9.84 Å². The van der Waals surface area contributed by atoms with Gasteiger partial charge in [0.15, 0.2) is 9.84 Å². The molecule has 1 aromatic heterocycles. The highest BCUT2D eigenvalue weighted by atomic mass is 32.2. The van der Waals surface area contributed by atoms with Crippen LogP contribution < -0.4 is 0 Å². The van der Waals surface area contributed by atoms with Crippen LogP contribution in [0.4, 0.5) is 0 Å². The molecule has 1 saturated heterocycles. The largest absolute Gasteiger partial charge is 0.338 e. The summed E-state index contributed by atoms with van der Waals surface area (Å²) >= 11 is 0. The van der Waals surface area contributed by atoms with Gasteiger partial charge in [0, 0.05) is 49.8 Å². The molecule has 6 nitrogen and oxygen atoms in total. The van der Waals surface area contributed by atoms with Gasteiger partial charge in [-0.15, -0.1) is 0 Å². The molecule has 3 rings (SSSR count). The van der Waals surface area contributed by atoms with Gasteiger partial charge in [0.2, 0.25) is 0 Å². The highest BCUT2D eigenvalue weighted by molar-refractivity contribution is 7.90. The van der Waals surface area contributed by atoms with Crippen LogP contribution in [0.2, 0.25) is 0 Å². The van der Waals surface area contributed by atoms with Gasteiger partial charge in [-0.3, -0.25) is 4.79 Å². The molecule has 1 aliphatic rings. The fourth-order valence-corrected chi connectivity index (χ4v) is 3.60. The second kappa shape index (κ2) is 5.81. The van der Waals surface area contributed by atoms with E-state index in [1.807, 2.05) is 22.7 Å². The summed E-state index contributed by atoms with van der Waals surface area (Å²) in [5.74, 6) is 0.233. The third kappa shape index (κ3) is 3.14. The average molecular weight is 333 g/mol. The standard InChI is InChI=1S/C16H19N3O3S/c1-18-11-17-9-15(18)13-7-8-19(10-13)16(20)12-3-5-14(6-4-12)23(2,21)22/h3-6,9,11,13H,7-8,10H2,1-2H3. The molecule has 1 atom stereocenters. The molecule has 0 bridgehead atoms. The Balaban J connectivity index is 1.73. The van der Waals surface area contributed by atoms with Crippen molar-refractivity contribution >= 4 is 15.7 Å². The van der Waals surface area contributed by atoms with Crippen LogP contribution in [0.1, 0.15) is 28.4 Å². The van der Waals surface area contributed by atoms with E-state index in [2.05, 4.69) is 4.98 Å². The minimum atomic E-state index is -3.24. The van der Waals surface area contributed by atoms with Gasteiger partial charge in [0.25, 0.3) is 5.91 Å². The minimum absolute atomic E-state index is 0.0604. The van der Waals surface area contributed by atoms with Crippen LogP contribution in [-0.4, -0.2) is 48.1 Å². The van der Waals surface area contributed by atoms with Gasteiger partial charge in [-0.25, -0.2) is 13.4 Å². The fourth-order valence-electron chi connectivity index (χ4n) is 2.97. The first-order valence-electron chi connectivity index (χ1n) is 7.42. The molecule has 1 aliphatic heterocycles. The number of carbonyl (C=O) groups is 1. The number of imidazole rings is 1. The number of aryl methyl sites for hydroxylation is 1. The zero-order chi connectivity index (χ0) is 16.6. The van der Waals surface area contributed by atoms with Crippen molar-refractivity contribution < 1.29 is 13.2 Å². The number of hydrogen-bond donors (Lipinski definition) is 0. The lowest BCUT2D eigenvalue weighted by Gasteiger charge is -2.17. The summed E-state index contributed by atoms with van der Waals surface area (Å²) in [4.78, 5) is 18.7. The van der Waals surface area contributed by atoms with Crippen molar-refractivity contribution in [3.63, 3.8) is 0 Å². The van der Waals surface area contributed by atoms with Gasteiger partial charge in [-0.2, -0.15) is 0 Å². The van der Waals surface area contributed by atoms with E-state index in [-0.39, 0.29) is 10.8 Å². The molecule has 122 valence electrons. The second-order valence-corrected chi connectivity index (χ2v) is 7.98. The first-order chi connectivity index (χ1) is 10.9. The third-order valence-corrected chi connectivity index (χ3v) is 5.41. The number of amides is 1. The molecular weight excluding hydrogens is 314 g/mol. The summed E-state index contributed by atoms with van der Waals surface area (Å²) < 4.78 is 24.9. The number of likely N-dealkylation sites (tertiary alicyclic amines) is 1. The van der Waals surface area contributed by atoms with Crippen LogP contribution in [0.25, 0.3) is 0 Å². The molecule has 0 spiro atoms. The zero-order valence-electron chi connectivity index (χ0n) is 13.1. The number of sulfone groups is 1. The summed E-state index contributed by atoms with van der Waals surface area (Å²) in [5, 5.41) is 0. The Labute approximate surface area is 135 Å². The maximum Gasteiger partial charge on any atom is 0.253 e. The Morgan fingerprint density at radius 2 is 1.96 bits per heavy atom. The van der Waals surface area contributed by atoms with Crippen molar-refractivity contribution in [2.45, 2.75) is 17.2 Å². The second-order valence-electron chi connectivity index (χ2n) is 5.96. The lowest BCUT2D eigenvalue weighted by molar-refractivity contribution is 0.0790. The van der Waals surface area contributed by atoms with E-state index in [1.165, 1.54) is 12.1 Å². The van der Waals surface area contributed by atoms with Crippen molar-refractivity contribution in [3.05, 3.63) is 48.0 Å². The number of benzene rings is 1. The molecule has 1 unspecified atom stereocenters. The van der Waals surface area contributed by atoms with Crippen molar-refractivity contribution in [1.82, 2.24) is 14.5 Å². The monoisotopic (exact) mass is 333 g/mol. The first-order valence-corrected chi connectivity index (χ1v) is 9.31. The molecule has 1 aromatic carbocycles. The molecule has 0 saturated carbocycles. The van der Waals surface area contributed by atoms with Crippen LogP contribution in [0.5, 0.6) is 0 Å². The van der Waals surface area contributed by atoms with Crippen LogP contribution in [0.15, 0.2) is 41.7 Å². The van der Waals surface area contributed by atoms with Crippen molar-refractivity contribution in [2.75, 3.05) is 19.3 Å². The molecule has 0 aliphatic carbocycles. The third-order valence-electron chi connectivity index (χ3n) is 4.28. The first kappa shape index (κ1) is 15.7. The lowest BCUT2D eigenvalue weighted by atomic mass is 10.1. The van der Waals surface area contributed by atoms with E-state index in [9.17, 15) is 13.2 Å². The predicted octanol–water partition coefficient (Wildman–Crippen LogP) is 1.45. The topological polar surface area (TPSA) is 72.3 Å². The number of nitrogens with zero attached hydrogens (tertiary/aromatic N) is 3. The van der Waals surface area contributed by atoms with Gasteiger partial charge in [-0.05, 0) is 30.7 Å². The number of carbonyl (C=O) groups excluding carboxylic acids is 1. The van der Waals surface area contributed by atoms with E-state index in [0.29, 0.717) is 24.6 Å². The molecule has 7 heteroatoms. The summed E-state index contributed by atoms with van der Waals surface area (Å²) in [5.41, 5.74) is 1.65. The van der Waals surface area contributed by atoms with Crippen LogP contribution >= 0.6 is 0 Å². The quantitative estimate of drug-likeness (QED) is 0.852. The van der Waals surface area contributed by atoms with Crippen molar-refractivity contribution in [3.8, 4) is 0 Å². The molecule has 2 heterocycles. The van der Waals surface area contributed by atoms with E-state index >= 15 is 0 Å². The normalized spacial score (nSPS) is 18.3. The number of aromatic nitrogens is 2. The summed E-state index contributed by atoms with van der Waals surface area (Å²) in [6, 6.07) is 6.13. The molecule has 2 aromatic rings. The van der Waals surface area contributed by atoms with Crippen LogP contribution in [-0.2, 0) is 16.9 Å². The molecular formula is C16H19N3O3S. The Morgan fingerprint density at radius 3 is 2.52 bits per heavy atom. The minimum Gasteiger partial charge on any atom is -0.338 e. The van der Waals surface area contributed by atoms with E-state index in [1.54, 1.807) is 18.5 Å². The number of rotatable bonds is 3. The highest BCUT2D eigenvalue weighted by Crippen LogP contribution is 2.27. The Kier molecular flexibility index (Phi) is 3.97. The maximum absolute atomic E-state index is 12.6. The van der Waals surface area contributed by atoms with Gasteiger partial charge in [0.1, 0.15) is 0 Å². The van der Waals surface area contributed by atoms with Crippen LogP contribution in [0, 0.1) is 0 Å². The van der Waals surface area contributed by atoms with Gasteiger partial charge in [-0.1, -0.05) is 0 Å². The Morgan fingerprint density at radius 1 is 1.26 bits per heavy atom. The average Bonchev–Trinajstić information content (AvgIpc) is 3.14. The SMILES string of the molecule is Cn1cncc1C1CCN(C(=O)c2ccc(S(C)(=O)=O)cc2)C1. The molecule has 0 radical (unpaired) electrons.